The molecule has 1 fully saturated rings. The summed E-state index contributed by atoms with van der Waals surface area (Å²) in [4.78, 5) is 7.74. The van der Waals surface area contributed by atoms with Crippen LogP contribution in [0.4, 0.5) is 0 Å². The SMILES string of the molecule is SCCc1ncc(C2CCCC2)[nH]1. The van der Waals surface area contributed by atoms with Crippen LogP contribution >= 0.6 is 12.6 Å². The lowest BCUT2D eigenvalue weighted by molar-refractivity contribution is 0.699. The van der Waals surface area contributed by atoms with Gasteiger partial charge in [-0.05, 0) is 18.6 Å². The molecule has 0 bridgehead atoms. The van der Waals surface area contributed by atoms with Crippen molar-refractivity contribution in [3.63, 3.8) is 0 Å². The fraction of sp³-hybridized carbons (Fsp3) is 0.700. The minimum Gasteiger partial charge on any atom is -0.346 e. The molecule has 72 valence electrons. The van der Waals surface area contributed by atoms with Crippen molar-refractivity contribution < 1.29 is 0 Å². The average molecular weight is 196 g/mol. The van der Waals surface area contributed by atoms with Gasteiger partial charge in [0.25, 0.3) is 0 Å². The maximum absolute atomic E-state index is 4.35. The van der Waals surface area contributed by atoms with Crippen LogP contribution in [0, 0.1) is 0 Å². The number of nitrogens with one attached hydrogen (secondary N) is 1. The van der Waals surface area contributed by atoms with E-state index in [1.54, 1.807) is 0 Å². The highest BCUT2D eigenvalue weighted by Crippen LogP contribution is 2.32. The van der Waals surface area contributed by atoms with E-state index < -0.39 is 0 Å². The van der Waals surface area contributed by atoms with Gasteiger partial charge in [0, 0.05) is 24.2 Å². The zero-order valence-corrected chi connectivity index (χ0v) is 8.69. The lowest BCUT2D eigenvalue weighted by atomic mass is 10.1. The summed E-state index contributed by atoms with van der Waals surface area (Å²) in [6, 6.07) is 0. The predicted molar refractivity (Wildman–Crippen MR) is 57.4 cm³/mol. The van der Waals surface area contributed by atoms with Gasteiger partial charge < -0.3 is 4.98 Å². The number of H-pyrrole nitrogens is 1. The Labute approximate surface area is 84.6 Å². The van der Waals surface area contributed by atoms with Crippen LogP contribution in [0.25, 0.3) is 0 Å². The minimum absolute atomic E-state index is 0.751. The van der Waals surface area contributed by atoms with E-state index in [-0.39, 0.29) is 0 Å². The summed E-state index contributed by atoms with van der Waals surface area (Å²) >= 11 is 4.19. The molecule has 0 aliphatic heterocycles. The topological polar surface area (TPSA) is 28.7 Å². The number of aromatic nitrogens is 2. The van der Waals surface area contributed by atoms with Crippen LogP contribution in [0.15, 0.2) is 6.20 Å². The molecule has 0 spiro atoms. The largest absolute Gasteiger partial charge is 0.346 e. The molecule has 0 unspecified atom stereocenters. The van der Waals surface area contributed by atoms with Crippen LogP contribution in [-0.4, -0.2) is 15.7 Å². The van der Waals surface area contributed by atoms with Crippen LogP contribution in [0.3, 0.4) is 0 Å². The molecule has 0 aromatic carbocycles. The summed E-state index contributed by atoms with van der Waals surface area (Å²) in [5, 5.41) is 0. The van der Waals surface area contributed by atoms with Crippen molar-refractivity contribution in [1.82, 2.24) is 9.97 Å². The molecule has 13 heavy (non-hydrogen) atoms. The molecule has 3 heteroatoms. The highest BCUT2D eigenvalue weighted by atomic mass is 32.1. The maximum atomic E-state index is 4.35. The number of nitrogens with zero attached hydrogens (tertiary/aromatic N) is 1. The molecule has 0 saturated heterocycles. The first-order chi connectivity index (χ1) is 6.40. The molecule has 2 rings (SSSR count). The number of hydrogen-bond donors (Lipinski definition) is 2. The number of aryl methyl sites for hydroxylation is 1. The first kappa shape index (κ1) is 9.13. The molecule has 1 aliphatic carbocycles. The van der Waals surface area contributed by atoms with Gasteiger partial charge >= 0.3 is 0 Å². The van der Waals surface area contributed by atoms with E-state index in [0.717, 1.165) is 23.9 Å². The van der Waals surface area contributed by atoms with Gasteiger partial charge in [0.1, 0.15) is 5.82 Å². The summed E-state index contributed by atoms with van der Waals surface area (Å²) in [6.45, 7) is 0. The third kappa shape index (κ3) is 2.08. The Morgan fingerprint density at radius 2 is 2.23 bits per heavy atom. The molecular weight excluding hydrogens is 180 g/mol. The van der Waals surface area contributed by atoms with E-state index in [4.69, 9.17) is 0 Å². The molecule has 0 radical (unpaired) electrons. The molecule has 1 aliphatic rings. The van der Waals surface area contributed by atoms with E-state index in [2.05, 4.69) is 22.6 Å². The van der Waals surface area contributed by atoms with Gasteiger partial charge in [-0.1, -0.05) is 12.8 Å². The number of rotatable bonds is 3. The van der Waals surface area contributed by atoms with Crippen molar-refractivity contribution in [2.45, 2.75) is 38.0 Å². The molecule has 2 nitrogen and oxygen atoms in total. The molecule has 1 aromatic rings. The molecule has 0 atom stereocenters. The van der Waals surface area contributed by atoms with Crippen molar-refractivity contribution in [3.8, 4) is 0 Å². The molecular formula is C10H16N2S. The summed E-state index contributed by atoms with van der Waals surface area (Å²) in [5.74, 6) is 2.72. The van der Waals surface area contributed by atoms with Crippen molar-refractivity contribution in [2.24, 2.45) is 0 Å². The van der Waals surface area contributed by atoms with Gasteiger partial charge in [0.15, 0.2) is 0 Å². The zero-order chi connectivity index (χ0) is 9.10. The van der Waals surface area contributed by atoms with Crippen molar-refractivity contribution in [3.05, 3.63) is 17.7 Å². The van der Waals surface area contributed by atoms with Gasteiger partial charge in [-0.25, -0.2) is 4.98 Å². The summed E-state index contributed by atoms with van der Waals surface area (Å²) in [5.41, 5.74) is 1.34. The quantitative estimate of drug-likeness (QED) is 0.715. The predicted octanol–water partition coefficient (Wildman–Crippen LogP) is 2.54. The third-order valence-corrected chi connectivity index (χ3v) is 3.02. The highest BCUT2D eigenvalue weighted by molar-refractivity contribution is 7.80. The Hall–Kier alpha value is -0.440. The van der Waals surface area contributed by atoms with Gasteiger partial charge in [-0.3, -0.25) is 0 Å². The van der Waals surface area contributed by atoms with Gasteiger partial charge in [-0.15, -0.1) is 0 Å². The average Bonchev–Trinajstić information content (AvgIpc) is 2.70. The van der Waals surface area contributed by atoms with Crippen molar-refractivity contribution >= 4 is 12.6 Å². The van der Waals surface area contributed by atoms with Gasteiger partial charge in [0.05, 0.1) is 0 Å². The van der Waals surface area contributed by atoms with E-state index in [1.807, 2.05) is 6.20 Å². The second kappa shape index (κ2) is 4.18. The third-order valence-electron chi connectivity index (χ3n) is 2.79. The maximum Gasteiger partial charge on any atom is 0.107 e. The number of aromatic amines is 1. The fourth-order valence-corrected chi connectivity index (χ4v) is 2.27. The van der Waals surface area contributed by atoms with E-state index >= 15 is 0 Å². The van der Waals surface area contributed by atoms with E-state index in [9.17, 15) is 0 Å². The summed E-state index contributed by atoms with van der Waals surface area (Å²) < 4.78 is 0. The van der Waals surface area contributed by atoms with Crippen molar-refractivity contribution in [2.75, 3.05) is 5.75 Å². The first-order valence-corrected chi connectivity index (χ1v) is 5.68. The van der Waals surface area contributed by atoms with Crippen LogP contribution in [0.2, 0.25) is 0 Å². The summed E-state index contributed by atoms with van der Waals surface area (Å²) in [6.07, 6.45) is 8.40. The van der Waals surface area contributed by atoms with Crippen molar-refractivity contribution in [1.29, 1.82) is 0 Å². The molecule has 1 saturated carbocycles. The molecule has 1 heterocycles. The minimum atomic E-state index is 0.751. The van der Waals surface area contributed by atoms with Gasteiger partial charge in [0.2, 0.25) is 0 Å². The second-order valence-corrected chi connectivity index (χ2v) is 4.19. The lowest BCUT2D eigenvalue weighted by Crippen LogP contribution is -1.93. The lowest BCUT2D eigenvalue weighted by Gasteiger charge is -2.03. The fourth-order valence-electron chi connectivity index (χ4n) is 2.06. The summed E-state index contributed by atoms with van der Waals surface area (Å²) in [7, 11) is 0. The normalized spacial score (nSPS) is 18.2. The zero-order valence-electron chi connectivity index (χ0n) is 7.79. The number of hydrogen-bond acceptors (Lipinski definition) is 2. The Balaban J connectivity index is 2.03. The van der Waals surface area contributed by atoms with E-state index in [0.29, 0.717) is 0 Å². The first-order valence-electron chi connectivity index (χ1n) is 5.05. The number of imidazole rings is 1. The van der Waals surface area contributed by atoms with Crippen LogP contribution < -0.4 is 0 Å². The Morgan fingerprint density at radius 1 is 1.46 bits per heavy atom. The Bertz CT molecular complexity index is 264. The van der Waals surface area contributed by atoms with Crippen LogP contribution in [0.1, 0.15) is 43.1 Å². The number of thiol groups is 1. The highest BCUT2D eigenvalue weighted by Gasteiger charge is 2.18. The molecule has 0 amide bonds. The standard InChI is InChI=1S/C10H16N2S/c13-6-5-10-11-7-9(12-10)8-3-1-2-4-8/h7-8,13H,1-6H2,(H,11,12). The molecule has 1 N–H and O–H groups in total. The monoisotopic (exact) mass is 196 g/mol. The molecule has 1 aromatic heterocycles. The van der Waals surface area contributed by atoms with Gasteiger partial charge in [-0.2, -0.15) is 12.6 Å². The van der Waals surface area contributed by atoms with Crippen LogP contribution in [-0.2, 0) is 6.42 Å². The van der Waals surface area contributed by atoms with Crippen LogP contribution in [0.5, 0.6) is 0 Å². The Kier molecular flexibility index (Phi) is 2.94. The second-order valence-electron chi connectivity index (χ2n) is 3.74. The Morgan fingerprint density at radius 3 is 2.92 bits per heavy atom. The van der Waals surface area contributed by atoms with E-state index in [1.165, 1.54) is 31.4 Å². The smallest absolute Gasteiger partial charge is 0.107 e.